The summed E-state index contributed by atoms with van der Waals surface area (Å²) in [6, 6.07) is -0.720. The predicted octanol–water partition coefficient (Wildman–Crippen LogP) is 17.3. The van der Waals surface area contributed by atoms with Crippen molar-refractivity contribution in [2.45, 2.75) is 289 Å². The second-order valence-corrected chi connectivity index (χ2v) is 19.0. The summed E-state index contributed by atoms with van der Waals surface area (Å²) in [7, 11) is 0. The molecule has 0 aromatic rings. The monoisotopic (exact) mass is 922 g/mol. The van der Waals surface area contributed by atoms with Crippen LogP contribution in [0.5, 0.6) is 0 Å². The summed E-state index contributed by atoms with van der Waals surface area (Å²) >= 11 is 0. The lowest BCUT2D eigenvalue weighted by molar-refractivity contribution is -0.151. The number of esters is 1. The zero-order valence-corrected chi connectivity index (χ0v) is 43.6. The number of aliphatic hydroxyl groups excluding tert-OH is 2. The second kappa shape index (κ2) is 53.3. The van der Waals surface area contributed by atoms with Gasteiger partial charge in [0.05, 0.1) is 25.2 Å². The van der Waals surface area contributed by atoms with E-state index >= 15 is 0 Å². The van der Waals surface area contributed by atoms with Crippen LogP contribution < -0.4 is 5.32 Å². The Bertz CT molecular complexity index is 1220. The molecule has 0 saturated carbocycles. The van der Waals surface area contributed by atoms with E-state index in [0.717, 1.165) is 96.3 Å². The highest BCUT2D eigenvalue weighted by molar-refractivity contribution is 5.77. The summed E-state index contributed by atoms with van der Waals surface area (Å²) in [6.07, 6.45) is 68.3. The van der Waals surface area contributed by atoms with Crippen molar-refractivity contribution in [1.29, 1.82) is 0 Å². The molecule has 0 aromatic heterocycles. The first-order valence-corrected chi connectivity index (χ1v) is 28.2. The molecule has 0 bridgehead atoms. The van der Waals surface area contributed by atoms with Crippen LogP contribution in [0.2, 0.25) is 0 Å². The van der Waals surface area contributed by atoms with Crippen molar-refractivity contribution in [1.82, 2.24) is 5.32 Å². The Morgan fingerprint density at radius 2 is 0.818 bits per heavy atom. The number of amides is 1. The van der Waals surface area contributed by atoms with Crippen LogP contribution in [-0.2, 0) is 14.3 Å². The van der Waals surface area contributed by atoms with Gasteiger partial charge in [-0.1, -0.05) is 235 Å². The summed E-state index contributed by atoms with van der Waals surface area (Å²) in [4.78, 5) is 26.2. The first-order valence-electron chi connectivity index (χ1n) is 28.2. The third-order valence-corrected chi connectivity index (χ3v) is 12.5. The number of nitrogens with one attached hydrogen (secondary N) is 1. The normalized spacial score (nSPS) is 13.7. The molecule has 0 spiro atoms. The van der Waals surface area contributed by atoms with E-state index < -0.39 is 18.2 Å². The molecule has 0 aliphatic carbocycles. The molecule has 0 fully saturated rings. The highest BCUT2D eigenvalue weighted by atomic mass is 16.5. The Hall–Kier alpha value is -2.70. The Morgan fingerprint density at radius 3 is 1.29 bits per heavy atom. The first-order chi connectivity index (χ1) is 32.5. The summed E-state index contributed by atoms with van der Waals surface area (Å²) in [5.74, 6) is -0.525. The van der Waals surface area contributed by atoms with Crippen LogP contribution in [0.25, 0.3) is 0 Å². The van der Waals surface area contributed by atoms with E-state index in [4.69, 9.17) is 4.74 Å². The van der Waals surface area contributed by atoms with Crippen molar-refractivity contribution < 1.29 is 24.5 Å². The van der Waals surface area contributed by atoms with Crippen LogP contribution in [0.15, 0.2) is 72.9 Å². The molecule has 0 aliphatic heterocycles. The van der Waals surface area contributed by atoms with Gasteiger partial charge in [0.25, 0.3) is 0 Å². The van der Waals surface area contributed by atoms with Gasteiger partial charge in [-0.2, -0.15) is 0 Å². The van der Waals surface area contributed by atoms with Crippen LogP contribution in [0.3, 0.4) is 0 Å². The molecule has 66 heavy (non-hydrogen) atoms. The van der Waals surface area contributed by atoms with E-state index in [2.05, 4.69) is 99.0 Å². The summed E-state index contributed by atoms with van der Waals surface area (Å²) in [5, 5.41) is 23.8. The lowest BCUT2D eigenvalue weighted by Crippen LogP contribution is -2.46. The fourth-order valence-electron chi connectivity index (χ4n) is 8.28. The van der Waals surface area contributed by atoms with Crippen LogP contribution in [-0.4, -0.2) is 46.9 Å². The molecule has 0 aromatic carbocycles. The predicted molar refractivity (Wildman–Crippen MR) is 287 cm³/mol. The van der Waals surface area contributed by atoms with Gasteiger partial charge in [0.1, 0.15) is 6.10 Å². The van der Waals surface area contributed by atoms with Gasteiger partial charge in [-0.15, -0.1) is 0 Å². The van der Waals surface area contributed by atoms with Crippen LogP contribution >= 0.6 is 0 Å². The van der Waals surface area contributed by atoms with Crippen molar-refractivity contribution in [2.75, 3.05) is 6.61 Å². The highest BCUT2D eigenvalue weighted by Crippen LogP contribution is 2.18. The minimum atomic E-state index is -0.803. The zero-order valence-electron chi connectivity index (χ0n) is 43.6. The van der Waals surface area contributed by atoms with E-state index in [1.165, 1.54) is 128 Å². The molecule has 0 heterocycles. The Labute approximate surface area is 409 Å². The molecular weight excluding hydrogens is 815 g/mol. The van der Waals surface area contributed by atoms with Gasteiger partial charge in [0.15, 0.2) is 0 Å². The molecule has 3 atom stereocenters. The third kappa shape index (κ3) is 47.8. The molecular formula is C60H107NO5. The Balaban J connectivity index is 4.55. The smallest absolute Gasteiger partial charge is 0.306 e. The quantitative estimate of drug-likeness (QED) is 0.0321. The van der Waals surface area contributed by atoms with Gasteiger partial charge in [-0.05, 0) is 96.3 Å². The van der Waals surface area contributed by atoms with Crippen LogP contribution in [0.4, 0.5) is 0 Å². The maximum atomic E-state index is 13.2. The molecule has 0 aliphatic rings. The zero-order chi connectivity index (χ0) is 48.1. The number of ether oxygens (including phenoxy) is 1. The summed E-state index contributed by atoms with van der Waals surface area (Å²) < 4.78 is 5.92. The van der Waals surface area contributed by atoms with E-state index in [0.29, 0.717) is 19.3 Å². The standard InChI is InChI=1S/C60H107NO5/c1-4-7-10-13-16-19-22-25-27-29-30-31-33-35-38-41-44-47-50-53-60(65)66-56(51-48-45-42-39-36-24-21-18-15-12-9-6-3)54-59(64)61-57(55-62)58(63)52-49-46-43-40-37-34-32-28-26-23-20-17-14-11-8-5-2/h9,12,16,18-19,21,25,27,30-31,36,39,56-58,62-63H,4-8,10-11,13-15,17,20,22-24,26,28-29,32-35,37-38,40-55H2,1-3H3,(H,61,64)/b12-9+,19-16-,21-18+,27-25-,31-30-,39-36+. The number of allylic oxidation sites excluding steroid dienone is 12. The fraction of sp³-hybridized carbons (Fsp3) is 0.767. The van der Waals surface area contributed by atoms with Crippen LogP contribution in [0, 0.1) is 0 Å². The fourth-order valence-corrected chi connectivity index (χ4v) is 8.28. The average Bonchev–Trinajstić information content (AvgIpc) is 3.31. The summed E-state index contributed by atoms with van der Waals surface area (Å²) in [5.41, 5.74) is 0. The molecule has 382 valence electrons. The van der Waals surface area contributed by atoms with Gasteiger partial charge in [0.2, 0.25) is 5.91 Å². The third-order valence-electron chi connectivity index (χ3n) is 12.5. The van der Waals surface area contributed by atoms with Crippen LogP contribution in [0.1, 0.15) is 271 Å². The molecule has 6 heteroatoms. The molecule has 0 saturated heterocycles. The number of hydrogen-bond donors (Lipinski definition) is 3. The van der Waals surface area contributed by atoms with E-state index in [-0.39, 0.29) is 24.9 Å². The van der Waals surface area contributed by atoms with Gasteiger partial charge < -0.3 is 20.3 Å². The van der Waals surface area contributed by atoms with Gasteiger partial charge in [0, 0.05) is 6.42 Å². The van der Waals surface area contributed by atoms with E-state index in [1.807, 2.05) is 0 Å². The number of hydrogen-bond acceptors (Lipinski definition) is 5. The number of carbonyl (C=O) groups is 2. The first kappa shape index (κ1) is 63.3. The molecule has 1 amide bonds. The lowest BCUT2D eigenvalue weighted by atomic mass is 10.0. The van der Waals surface area contributed by atoms with E-state index in [9.17, 15) is 19.8 Å². The molecule has 0 radical (unpaired) electrons. The Kier molecular flexibility index (Phi) is 51.1. The second-order valence-electron chi connectivity index (χ2n) is 19.0. The topological polar surface area (TPSA) is 95.9 Å². The minimum Gasteiger partial charge on any atom is -0.462 e. The number of carbonyl (C=O) groups excluding carboxylic acids is 2. The summed E-state index contributed by atoms with van der Waals surface area (Å²) in [6.45, 7) is 6.34. The maximum absolute atomic E-state index is 13.2. The van der Waals surface area contributed by atoms with Gasteiger partial charge in [-0.3, -0.25) is 9.59 Å². The largest absolute Gasteiger partial charge is 0.462 e. The minimum absolute atomic E-state index is 0.0440. The van der Waals surface area contributed by atoms with Gasteiger partial charge in [-0.25, -0.2) is 0 Å². The van der Waals surface area contributed by atoms with Crippen molar-refractivity contribution in [3.05, 3.63) is 72.9 Å². The van der Waals surface area contributed by atoms with Crippen molar-refractivity contribution in [3.8, 4) is 0 Å². The van der Waals surface area contributed by atoms with Crippen molar-refractivity contribution >= 4 is 11.9 Å². The highest BCUT2D eigenvalue weighted by Gasteiger charge is 2.24. The molecule has 3 unspecified atom stereocenters. The van der Waals surface area contributed by atoms with Gasteiger partial charge >= 0.3 is 5.97 Å². The number of unbranched alkanes of at least 4 members (excludes halogenated alkanes) is 26. The van der Waals surface area contributed by atoms with Crippen molar-refractivity contribution in [2.24, 2.45) is 0 Å². The lowest BCUT2D eigenvalue weighted by Gasteiger charge is -2.24. The molecule has 3 N–H and O–H groups in total. The number of rotatable bonds is 50. The van der Waals surface area contributed by atoms with Crippen molar-refractivity contribution in [3.63, 3.8) is 0 Å². The SMILES string of the molecule is CC/C=C/C/C=C/C/C=C/CCCCC(CC(=O)NC(CO)C(O)CCCCCCCCCCCCCCCCCC)OC(=O)CCCCCCCC/C=C\C/C=C\C/C=C\CCCCC. The maximum Gasteiger partial charge on any atom is 0.306 e. The van der Waals surface area contributed by atoms with E-state index in [1.54, 1.807) is 0 Å². The molecule has 6 nitrogen and oxygen atoms in total. The molecule has 0 rings (SSSR count). The average molecular weight is 923 g/mol. The number of aliphatic hydroxyl groups is 2. The Morgan fingerprint density at radius 1 is 0.455 bits per heavy atom.